The summed E-state index contributed by atoms with van der Waals surface area (Å²) in [5.74, 6) is 0.835. The molecule has 0 fully saturated rings. The van der Waals surface area contributed by atoms with Crippen molar-refractivity contribution in [2.45, 2.75) is 0 Å². The minimum Gasteiger partial charge on any atom is -0.306 e. The molecule has 150 valence electrons. The van der Waals surface area contributed by atoms with Gasteiger partial charge in [0.2, 0.25) is 0 Å². The molecule has 0 amide bonds. The number of fused-ring (bicyclic) bond motifs is 6. The van der Waals surface area contributed by atoms with Gasteiger partial charge in [-0.2, -0.15) is 0 Å². The van der Waals surface area contributed by atoms with E-state index in [0.29, 0.717) is 0 Å². The molecule has 0 N–H and O–H groups in total. The minimum absolute atomic E-state index is 0.835. The van der Waals surface area contributed by atoms with E-state index in [9.17, 15) is 0 Å². The summed E-state index contributed by atoms with van der Waals surface area (Å²) in [5, 5.41) is 0. The number of rotatable bonds is 2. The highest BCUT2D eigenvalue weighted by Crippen LogP contribution is 2.35. The van der Waals surface area contributed by atoms with Crippen molar-refractivity contribution in [3.63, 3.8) is 0 Å². The molecule has 0 radical (unpaired) electrons. The van der Waals surface area contributed by atoms with Gasteiger partial charge in [0.05, 0.1) is 22.1 Å². The fourth-order valence-electron chi connectivity index (χ4n) is 4.55. The largest absolute Gasteiger partial charge is 0.306 e. The smallest absolute Gasteiger partial charge is 0.137 e. The van der Waals surface area contributed by atoms with Crippen LogP contribution in [0.1, 0.15) is 0 Å². The Labute approximate surface area is 182 Å². The highest BCUT2D eigenvalue weighted by atomic mass is 15.1. The summed E-state index contributed by atoms with van der Waals surface area (Å²) in [5.41, 5.74) is 8.47. The molecule has 0 spiro atoms. The molecule has 6 heterocycles. The zero-order valence-corrected chi connectivity index (χ0v) is 16.9. The van der Waals surface area contributed by atoms with E-state index in [1.807, 2.05) is 60.9 Å². The van der Waals surface area contributed by atoms with Crippen molar-refractivity contribution in [2.75, 3.05) is 0 Å². The highest BCUT2D eigenvalue weighted by molar-refractivity contribution is 6.13. The van der Waals surface area contributed by atoms with Crippen LogP contribution in [-0.2, 0) is 0 Å². The zero-order chi connectivity index (χ0) is 21.1. The molecule has 0 saturated heterocycles. The number of aromatic nitrogens is 6. The van der Waals surface area contributed by atoms with Crippen LogP contribution >= 0.6 is 0 Å². The Bertz CT molecular complexity index is 1640. The molecule has 7 aromatic rings. The highest BCUT2D eigenvalue weighted by Gasteiger charge is 2.20. The molecule has 32 heavy (non-hydrogen) atoms. The second kappa shape index (κ2) is 6.46. The van der Waals surface area contributed by atoms with Crippen molar-refractivity contribution >= 4 is 44.1 Å². The zero-order valence-electron chi connectivity index (χ0n) is 16.9. The van der Waals surface area contributed by atoms with Crippen LogP contribution in [-0.4, -0.2) is 29.1 Å². The van der Waals surface area contributed by atoms with Gasteiger partial charge in [-0.1, -0.05) is 24.3 Å². The van der Waals surface area contributed by atoms with E-state index in [1.165, 1.54) is 0 Å². The molecule has 0 saturated carbocycles. The van der Waals surface area contributed by atoms with E-state index in [-0.39, 0.29) is 0 Å². The normalized spacial score (nSPS) is 11.8. The van der Waals surface area contributed by atoms with E-state index < -0.39 is 0 Å². The third-order valence-corrected chi connectivity index (χ3v) is 5.86. The van der Waals surface area contributed by atoms with Crippen LogP contribution < -0.4 is 0 Å². The molecular weight excluding hydrogens is 396 g/mol. The number of pyridine rings is 4. The minimum atomic E-state index is 0.835. The van der Waals surface area contributed by atoms with Crippen molar-refractivity contribution in [1.29, 1.82) is 0 Å². The lowest BCUT2D eigenvalue weighted by Gasteiger charge is -2.08. The second-order valence-electron chi connectivity index (χ2n) is 7.66. The van der Waals surface area contributed by atoms with E-state index in [2.05, 4.69) is 54.4 Å². The Hall–Kier alpha value is -4.58. The molecule has 6 nitrogen and oxygen atoms in total. The van der Waals surface area contributed by atoms with Crippen molar-refractivity contribution in [2.24, 2.45) is 0 Å². The third-order valence-electron chi connectivity index (χ3n) is 5.86. The third kappa shape index (κ3) is 2.29. The molecule has 0 bridgehead atoms. The van der Waals surface area contributed by atoms with Crippen LogP contribution in [0.25, 0.3) is 55.6 Å². The average molecular weight is 412 g/mol. The Morgan fingerprint density at radius 1 is 0.469 bits per heavy atom. The van der Waals surface area contributed by atoms with Crippen molar-refractivity contribution in [3.8, 4) is 11.5 Å². The van der Waals surface area contributed by atoms with Crippen LogP contribution in [0.3, 0.4) is 0 Å². The fraction of sp³-hybridized carbons (Fsp3) is 0. The van der Waals surface area contributed by atoms with Gasteiger partial charge in [-0.15, -0.1) is 0 Å². The first kappa shape index (κ1) is 17.1. The fourth-order valence-corrected chi connectivity index (χ4v) is 4.55. The van der Waals surface area contributed by atoms with Gasteiger partial charge in [0.25, 0.3) is 0 Å². The maximum atomic E-state index is 5.13. The van der Waals surface area contributed by atoms with Gasteiger partial charge in [-0.25, -0.2) is 9.97 Å². The van der Waals surface area contributed by atoms with Gasteiger partial charge < -0.3 is 4.57 Å². The summed E-state index contributed by atoms with van der Waals surface area (Å²) in [7, 11) is 0. The summed E-state index contributed by atoms with van der Waals surface area (Å²) in [6.07, 6.45) is 5.43. The average Bonchev–Trinajstić information content (AvgIpc) is 3.36. The van der Waals surface area contributed by atoms with Gasteiger partial charge in [0, 0.05) is 24.3 Å². The van der Waals surface area contributed by atoms with Crippen molar-refractivity contribution in [3.05, 3.63) is 97.5 Å². The molecular formula is C26H16N6. The summed E-state index contributed by atoms with van der Waals surface area (Å²) in [6.45, 7) is 0. The molecule has 0 aliphatic heterocycles. The number of nitrogens with zero attached hydrogens (tertiary/aromatic N) is 6. The number of benzene rings is 1. The lowest BCUT2D eigenvalue weighted by Crippen LogP contribution is -1.97. The maximum Gasteiger partial charge on any atom is 0.137 e. The molecule has 0 unspecified atom stereocenters. The molecule has 6 heteroatoms. The molecule has 0 aliphatic rings. The summed E-state index contributed by atoms with van der Waals surface area (Å²) < 4.78 is 4.35. The Morgan fingerprint density at radius 2 is 1.09 bits per heavy atom. The maximum absolute atomic E-state index is 5.13. The molecule has 0 aliphatic carbocycles. The van der Waals surface area contributed by atoms with Crippen LogP contribution in [0.5, 0.6) is 0 Å². The first-order chi connectivity index (χ1) is 15.9. The van der Waals surface area contributed by atoms with Crippen molar-refractivity contribution < 1.29 is 0 Å². The molecule has 7 rings (SSSR count). The summed E-state index contributed by atoms with van der Waals surface area (Å²) >= 11 is 0. The van der Waals surface area contributed by atoms with Gasteiger partial charge >= 0.3 is 0 Å². The van der Waals surface area contributed by atoms with E-state index in [1.54, 1.807) is 6.20 Å². The quantitative estimate of drug-likeness (QED) is 0.378. The first-order valence-corrected chi connectivity index (χ1v) is 10.4. The predicted octanol–water partition coefficient (Wildman–Crippen LogP) is 5.46. The molecule has 6 aromatic heterocycles. The van der Waals surface area contributed by atoms with Gasteiger partial charge in [-0.05, 0) is 54.6 Å². The van der Waals surface area contributed by atoms with Crippen LogP contribution in [0.2, 0.25) is 0 Å². The van der Waals surface area contributed by atoms with E-state index in [4.69, 9.17) is 4.98 Å². The van der Waals surface area contributed by atoms with Gasteiger partial charge in [0.15, 0.2) is 0 Å². The van der Waals surface area contributed by atoms with Crippen LogP contribution in [0.4, 0.5) is 0 Å². The lowest BCUT2D eigenvalue weighted by molar-refractivity contribution is 1.08. The topological polar surface area (TPSA) is 61.4 Å². The van der Waals surface area contributed by atoms with E-state index >= 15 is 0 Å². The Morgan fingerprint density at radius 3 is 1.78 bits per heavy atom. The summed E-state index contributed by atoms with van der Waals surface area (Å²) in [4.78, 5) is 19.1. The number of hydrogen-bond acceptors (Lipinski definition) is 4. The van der Waals surface area contributed by atoms with Crippen LogP contribution in [0.15, 0.2) is 97.5 Å². The predicted molar refractivity (Wildman–Crippen MR) is 126 cm³/mol. The summed E-state index contributed by atoms with van der Waals surface area (Å²) in [6, 6.07) is 26.5. The Balaban J connectivity index is 1.71. The Kier molecular flexibility index (Phi) is 3.46. The van der Waals surface area contributed by atoms with E-state index in [0.717, 1.165) is 55.6 Å². The number of para-hydroxylation sites is 1. The lowest BCUT2D eigenvalue weighted by atomic mass is 10.3. The molecule has 0 atom stereocenters. The van der Waals surface area contributed by atoms with Gasteiger partial charge in [0.1, 0.15) is 27.9 Å². The SMILES string of the molecule is c1ccc(-n2c3cccnc3c3nc4c5ncccc5n(-c5ccccn5)c4cc32)cc1. The first-order valence-electron chi connectivity index (χ1n) is 10.4. The second-order valence-corrected chi connectivity index (χ2v) is 7.66. The van der Waals surface area contributed by atoms with Gasteiger partial charge in [-0.3, -0.25) is 14.5 Å². The van der Waals surface area contributed by atoms with Crippen LogP contribution in [0, 0.1) is 0 Å². The standard InChI is InChI=1S/C26H16N6/c1-2-8-17(9-3-1)31-18-10-6-14-28-23(18)25-20(31)16-21-26(30-25)24-19(11-7-15-29-24)32(21)22-12-4-5-13-27-22/h1-16H. The number of hydrogen-bond donors (Lipinski definition) is 0. The molecule has 1 aromatic carbocycles. The van der Waals surface area contributed by atoms with Crippen molar-refractivity contribution in [1.82, 2.24) is 29.1 Å². The monoisotopic (exact) mass is 412 g/mol.